The fourth-order valence-corrected chi connectivity index (χ4v) is 2.09. The van der Waals surface area contributed by atoms with Crippen molar-refractivity contribution in [2.45, 2.75) is 30.4 Å². The van der Waals surface area contributed by atoms with Crippen LogP contribution in [0.4, 0.5) is 0 Å². The number of carbonyl (C=O) groups excluding carboxylic acids is 1. The number of aromatic nitrogens is 1. The summed E-state index contributed by atoms with van der Waals surface area (Å²) in [5, 5.41) is 0. The summed E-state index contributed by atoms with van der Waals surface area (Å²) >= 11 is 1.61. The van der Waals surface area contributed by atoms with Crippen LogP contribution in [0.5, 0.6) is 0 Å². The van der Waals surface area contributed by atoms with Crippen LogP contribution in [0.1, 0.15) is 31.3 Å². The molecule has 0 radical (unpaired) electrons. The van der Waals surface area contributed by atoms with Gasteiger partial charge in [0.1, 0.15) is 0 Å². The summed E-state index contributed by atoms with van der Waals surface area (Å²) in [5.41, 5.74) is 0.389. The lowest BCUT2D eigenvalue weighted by molar-refractivity contribution is 0.0589. The van der Waals surface area contributed by atoms with Gasteiger partial charge in [-0.3, -0.25) is 0 Å². The molecule has 1 aromatic rings. The molecule has 1 aromatic heterocycles. The molecule has 0 unspecified atom stereocenters. The largest absolute Gasteiger partial charge is 0.464 e. The average molecular weight is 225 g/mol. The second kappa shape index (κ2) is 4.66. The Kier molecular flexibility index (Phi) is 3.74. The predicted molar refractivity (Wildman–Crippen MR) is 61.2 cm³/mol. The standard InChI is InChI=1S/C11H15NO2S/c1-11(2,3)15-8-6-5-7-12-9(8)10(13)14-4/h5-7H,1-4H3. The number of pyridine rings is 1. The Morgan fingerprint density at radius 1 is 1.47 bits per heavy atom. The molecule has 0 fully saturated rings. The summed E-state index contributed by atoms with van der Waals surface area (Å²) in [6.45, 7) is 6.27. The van der Waals surface area contributed by atoms with Crippen LogP contribution in [0.2, 0.25) is 0 Å². The first-order chi connectivity index (χ1) is 6.94. The van der Waals surface area contributed by atoms with Crippen molar-refractivity contribution in [2.75, 3.05) is 7.11 Å². The highest BCUT2D eigenvalue weighted by Gasteiger charge is 2.19. The molecule has 0 aliphatic carbocycles. The van der Waals surface area contributed by atoms with Gasteiger partial charge >= 0.3 is 5.97 Å². The molecule has 0 saturated heterocycles. The smallest absolute Gasteiger partial charge is 0.357 e. The molecular weight excluding hydrogens is 210 g/mol. The van der Waals surface area contributed by atoms with Crippen molar-refractivity contribution in [3.05, 3.63) is 24.0 Å². The molecule has 0 spiro atoms. The van der Waals surface area contributed by atoms with Gasteiger partial charge in [0.2, 0.25) is 0 Å². The van der Waals surface area contributed by atoms with E-state index in [4.69, 9.17) is 0 Å². The van der Waals surface area contributed by atoms with Gasteiger partial charge in [-0.2, -0.15) is 0 Å². The average Bonchev–Trinajstić information content (AvgIpc) is 2.15. The van der Waals surface area contributed by atoms with E-state index in [1.165, 1.54) is 7.11 Å². The number of ether oxygens (including phenoxy) is 1. The second-order valence-electron chi connectivity index (χ2n) is 4.06. The lowest BCUT2D eigenvalue weighted by Gasteiger charge is -2.18. The minimum Gasteiger partial charge on any atom is -0.464 e. The molecule has 0 bridgehead atoms. The molecular formula is C11H15NO2S. The van der Waals surface area contributed by atoms with Crippen molar-refractivity contribution in [3.63, 3.8) is 0 Å². The van der Waals surface area contributed by atoms with E-state index in [1.54, 1.807) is 18.0 Å². The maximum Gasteiger partial charge on any atom is 0.357 e. The van der Waals surface area contributed by atoms with Gasteiger partial charge in [0.05, 0.1) is 7.11 Å². The van der Waals surface area contributed by atoms with Crippen molar-refractivity contribution >= 4 is 17.7 Å². The Morgan fingerprint density at radius 2 is 2.13 bits per heavy atom. The zero-order valence-electron chi connectivity index (χ0n) is 9.40. The number of esters is 1. The number of rotatable bonds is 2. The highest BCUT2D eigenvalue weighted by molar-refractivity contribution is 8.00. The van der Waals surface area contributed by atoms with Crippen LogP contribution in [0.15, 0.2) is 23.2 Å². The molecule has 0 N–H and O–H groups in total. The normalized spacial score (nSPS) is 11.2. The lowest BCUT2D eigenvalue weighted by Crippen LogP contribution is -2.11. The number of hydrogen-bond donors (Lipinski definition) is 0. The lowest BCUT2D eigenvalue weighted by atomic mass is 10.3. The zero-order chi connectivity index (χ0) is 11.5. The molecule has 15 heavy (non-hydrogen) atoms. The van der Waals surface area contributed by atoms with Crippen LogP contribution >= 0.6 is 11.8 Å². The summed E-state index contributed by atoms with van der Waals surface area (Å²) in [5.74, 6) is -0.387. The van der Waals surface area contributed by atoms with Crippen molar-refractivity contribution in [2.24, 2.45) is 0 Å². The maximum atomic E-state index is 11.4. The van der Waals surface area contributed by atoms with E-state index in [2.05, 4.69) is 30.5 Å². The van der Waals surface area contributed by atoms with Gasteiger partial charge in [-0.05, 0) is 12.1 Å². The van der Waals surface area contributed by atoms with Gasteiger partial charge in [0.25, 0.3) is 0 Å². The van der Waals surface area contributed by atoms with Gasteiger partial charge < -0.3 is 4.74 Å². The van der Waals surface area contributed by atoms with Crippen LogP contribution in [0.25, 0.3) is 0 Å². The number of thioether (sulfide) groups is 1. The molecule has 0 atom stereocenters. The number of hydrogen-bond acceptors (Lipinski definition) is 4. The van der Waals surface area contributed by atoms with Crippen LogP contribution in [0.3, 0.4) is 0 Å². The summed E-state index contributed by atoms with van der Waals surface area (Å²) in [6, 6.07) is 3.70. The van der Waals surface area contributed by atoms with Gasteiger partial charge in [-0.15, -0.1) is 11.8 Å². The van der Waals surface area contributed by atoms with Crippen molar-refractivity contribution in [1.82, 2.24) is 4.98 Å². The van der Waals surface area contributed by atoms with Crippen molar-refractivity contribution in [1.29, 1.82) is 0 Å². The Morgan fingerprint density at radius 3 is 2.67 bits per heavy atom. The van der Waals surface area contributed by atoms with E-state index in [-0.39, 0.29) is 10.7 Å². The van der Waals surface area contributed by atoms with E-state index in [1.807, 2.05) is 12.1 Å². The number of nitrogens with zero attached hydrogens (tertiary/aromatic N) is 1. The van der Waals surface area contributed by atoms with E-state index < -0.39 is 0 Å². The van der Waals surface area contributed by atoms with Gasteiger partial charge in [-0.25, -0.2) is 9.78 Å². The fourth-order valence-electron chi connectivity index (χ4n) is 1.05. The molecule has 0 aliphatic rings. The molecule has 3 nitrogen and oxygen atoms in total. The quantitative estimate of drug-likeness (QED) is 0.573. The predicted octanol–water partition coefficient (Wildman–Crippen LogP) is 2.76. The molecule has 0 amide bonds. The third kappa shape index (κ3) is 3.55. The molecule has 82 valence electrons. The summed E-state index contributed by atoms with van der Waals surface area (Å²) < 4.78 is 4.72. The monoisotopic (exact) mass is 225 g/mol. The Bertz CT molecular complexity index is 358. The minimum absolute atomic E-state index is 0.0474. The molecule has 0 aromatic carbocycles. The SMILES string of the molecule is COC(=O)c1ncccc1SC(C)(C)C. The highest BCUT2D eigenvalue weighted by atomic mass is 32.2. The van der Waals surface area contributed by atoms with Crippen LogP contribution in [-0.4, -0.2) is 22.8 Å². The maximum absolute atomic E-state index is 11.4. The van der Waals surface area contributed by atoms with Crippen molar-refractivity contribution in [3.8, 4) is 0 Å². The number of carbonyl (C=O) groups is 1. The minimum atomic E-state index is -0.387. The molecule has 1 rings (SSSR count). The topological polar surface area (TPSA) is 39.2 Å². The Hall–Kier alpha value is -1.03. The second-order valence-corrected chi connectivity index (χ2v) is 5.92. The number of methoxy groups -OCH3 is 1. The zero-order valence-corrected chi connectivity index (χ0v) is 10.2. The van der Waals surface area contributed by atoms with E-state index >= 15 is 0 Å². The summed E-state index contributed by atoms with van der Waals surface area (Å²) in [7, 11) is 1.36. The molecule has 4 heteroatoms. The fraction of sp³-hybridized carbons (Fsp3) is 0.455. The van der Waals surface area contributed by atoms with Crippen molar-refractivity contribution < 1.29 is 9.53 Å². The first kappa shape index (κ1) is 12.0. The Balaban J connectivity index is 3.02. The van der Waals surface area contributed by atoms with Gasteiger partial charge in [-0.1, -0.05) is 20.8 Å². The summed E-state index contributed by atoms with van der Waals surface area (Å²) in [6.07, 6.45) is 1.60. The first-order valence-electron chi connectivity index (χ1n) is 4.66. The van der Waals surface area contributed by atoms with E-state index in [0.717, 1.165) is 4.90 Å². The third-order valence-corrected chi connectivity index (χ3v) is 2.73. The molecule has 0 saturated carbocycles. The van der Waals surface area contributed by atoms with Crippen LogP contribution in [0, 0.1) is 0 Å². The van der Waals surface area contributed by atoms with Gasteiger partial charge in [0.15, 0.2) is 5.69 Å². The highest BCUT2D eigenvalue weighted by Crippen LogP contribution is 2.33. The van der Waals surface area contributed by atoms with Gasteiger partial charge in [0, 0.05) is 15.8 Å². The van der Waals surface area contributed by atoms with Crippen LogP contribution < -0.4 is 0 Å². The van der Waals surface area contributed by atoms with E-state index in [9.17, 15) is 4.79 Å². The summed E-state index contributed by atoms with van der Waals surface area (Å²) in [4.78, 5) is 16.3. The third-order valence-electron chi connectivity index (χ3n) is 1.57. The van der Waals surface area contributed by atoms with Crippen LogP contribution in [-0.2, 0) is 4.74 Å². The first-order valence-corrected chi connectivity index (χ1v) is 5.48. The Labute approximate surface area is 94.2 Å². The molecule has 0 aliphatic heterocycles. The van der Waals surface area contributed by atoms with E-state index in [0.29, 0.717) is 5.69 Å². The molecule has 1 heterocycles.